The van der Waals surface area contributed by atoms with E-state index in [4.69, 9.17) is 0 Å². The summed E-state index contributed by atoms with van der Waals surface area (Å²) in [5, 5.41) is 3.36. The predicted molar refractivity (Wildman–Crippen MR) is 82.6 cm³/mol. The van der Waals surface area contributed by atoms with Crippen molar-refractivity contribution in [1.29, 1.82) is 0 Å². The summed E-state index contributed by atoms with van der Waals surface area (Å²) in [6, 6.07) is 11.7. The molecule has 1 N–H and O–H groups in total. The molecule has 0 amide bonds. The molecule has 0 fully saturated rings. The van der Waals surface area contributed by atoms with Gasteiger partial charge in [-0.25, -0.2) is 4.39 Å². The van der Waals surface area contributed by atoms with E-state index < -0.39 is 0 Å². The average molecular weight is 271 g/mol. The molecule has 2 rings (SSSR count). The second kappa shape index (κ2) is 6.19. The Bertz CT molecular complexity index is 604. The number of nitrogens with one attached hydrogen (secondary N) is 1. The van der Waals surface area contributed by atoms with E-state index in [0.29, 0.717) is 0 Å². The highest BCUT2D eigenvalue weighted by molar-refractivity contribution is 5.35. The monoisotopic (exact) mass is 271 g/mol. The third-order valence-corrected chi connectivity index (χ3v) is 3.89. The van der Waals surface area contributed by atoms with E-state index >= 15 is 0 Å². The molecule has 0 heterocycles. The van der Waals surface area contributed by atoms with Crippen LogP contribution in [0.15, 0.2) is 36.4 Å². The largest absolute Gasteiger partial charge is 0.313 e. The van der Waals surface area contributed by atoms with Crippen molar-refractivity contribution in [2.24, 2.45) is 0 Å². The quantitative estimate of drug-likeness (QED) is 0.876. The Morgan fingerprint density at radius 3 is 2.40 bits per heavy atom. The van der Waals surface area contributed by atoms with Gasteiger partial charge in [0.15, 0.2) is 0 Å². The molecule has 2 heteroatoms. The molecule has 20 heavy (non-hydrogen) atoms. The first-order valence-corrected chi connectivity index (χ1v) is 7.00. The van der Waals surface area contributed by atoms with Crippen LogP contribution in [0.3, 0.4) is 0 Å². The first-order chi connectivity index (χ1) is 9.51. The van der Waals surface area contributed by atoms with Crippen LogP contribution >= 0.6 is 0 Å². The molecule has 1 unspecified atom stereocenters. The Kier molecular flexibility index (Phi) is 4.56. The predicted octanol–water partition coefficient (Wildman–Crippen LogP) is 4.25. The lowest BCUT2D eigenvalue weighted by Gasteiger charge is -2.20. The van der Waals surface area contributed by atoms with Crippen LogP contribution in [0, 0.1) is 26.6 Å². The fourth-order valence-electron chi connectivity index (χ4n) is 2.58. The van der Waals surface area contributed by atoms with Crippen molar-refractivity contribution in [2.75, 3.05) is 7.05 Å². The summed E-state index contributed by atoms with van der Waals surface area (Å²) in [7, 11) is 1.96. The Balaban J connectivity index is 2.33. The minimum Gasteiger partial charge on any atom is -0.313 e. The van der Waals surface area contributed by atoms with Gasteiger partial charge in [-0.2, -0.15) is 0 Å². The molecule has 0 spiro atoms. The highest BCUT2D eigenvalue weighted by atomic mass is 19.1. The topological polar surface area (TPSA) is 12.0 Å². The zero-order chi connectivity index (χ0) is 14.7. The Morgan fingerprint density at radius 2 is 1.70 bits per heavy atom. The van der Waals surface area contributed by atoms with E-state index in [9.17, 15) is 4.39 Å². The van der Waals surface area contributed by atoms with Crippen LogP contribution in [0.5, 0.6) is 0 Å². The van der Waals surface area contributed by atoms with Gasteiger partial charge in [0.1, 0.15) is 5.82 Å². The van der Waals surface area contributed by atoms with Gasteiger partial charge in [0.25, 0.3) is 0 Å². The number of halogens is 1. The summed E-state index contributed by atoms with van der Waals surface area (Å²) in [6.45, 7) is 6.26. The van der Waals surface area contributed by atoms with Crippen LogP contribution in [0.1, 0.15) is 33.9 Å². The first kappa shape index (κ1) is 14.7. The lowest BCUT2D eigenvalue weighted by molar-refractivity contribution is 0.579. The van der Waals surface area contributed by atoms with Gasteiger partial charge in [0, 0.05) is 6.04 Å². The molecule has 0 radical (unpaired) electrons. The van der Waals surface area contributed by atoms with E-state index in [0.717, 1.165) is 17.5 Å². The van der Waals surface area contributed by atoms with Gasteiger partial charge in [-0.05, 0) is 68.6 Å². The molecule has 1 atom stereocenters. The average Bonchev–Trinajstić information content (AvgIpc) is 2.42. The fraction of sp³-hybridized carbons (Fsp3) is 0.333. The van der Waals surface area contributed by atoms with Gasteiger partial charge < -0.3 is 5.32 Å². The molecule has 0 saturated carbocycles. The molecule has 0 aromatic heterocycles. The molecular weight excluding hydrogens is 249 g/mol. The molecule has 0 saturated heterocycles. The summed E-state index contributed by atoms with van der Waals surface area (Å²) >= 11 is 0. The Labute approximate surface area is 120 Å². The van der Waals surface area contributed by atoms with Crippen molar-refractivity contribution < 1.29 is 4.39 Å². The minimum atomic E-state index is -0.165. The Hall–Kier alpha value is -1.67. The fourth-order valence-corrected chi connectivity index (χ4v) is 2.58. The molecule has 0 bridgehead atoms. The van der Waals surface area contributed by atoms with Crippen LogP contribution in [-0.4, -0.2) is 7.05 Å². The standard InChI is InChI=1S/C18H22FN/c1-12-5-6-14(3)17(9-12)18(20-4)11-15-10-16(19)8-7-13(15)2/h5-10,18,20H,11H2,1-4H3. The van der Waals surface area contributed by atoms with Gasteiger partial charge in [0.2, 0.25) is 0 Å². The summed E-state index contributed by atoms with van der Waals surface area (Å²) in [6.07, 6.45) is 0.796. The van der Waals surface area contributed by atoms with Crippen molar-refractivity contribution in [1.82, 2.24) is 5.32 Å². The number of likely N-dealkylation sites (N-methyl/N-ethyl adjacent to an activating group) is 1. The van der Waals surface area contributed by atoms with Crippen molar-refractivity contribution in [3.05, 3.63) is 70.0 Å². The number of benzene rings is 2. The number of hydrogen-bond donors (Lipinski definition) is 1. The summed E-state index contributed by atoms with van der Waals surface area (Å²) in [5.74, 6) is -0.165. The van der Waals surface area contributed by atoms with Crippen LogP contribution in [0.4, 0.5) is 4.39 Å². The molecule has 2 aromatic carbocycles. The normalized spacial score (nSPS) is 12.4. The molecule has 106 valence electrons. The summed E-state index contributed by atoms with van der Waals surface area (Å²) in [5.41, 5.74) is 6.00. The molecule has 2 aromatic rings. The van der Waals surface area contributed by atoms with E-state index in [1.807, 2.05) is 20.0 Å². The van der Waals surface area contributed by atoms with Crippen LogP contribution < -0.4 is 5.32 Å². The van der Waals surface area contributed by atoms with Crippen molar-refractivity contribution in [3.63, 3.8) is 0 Å². The smallest absolute Gasteiger partial charge is 0.123 e. The van der Waals surface area contributed by atoms with Gasteiger partial charge in [0.05, 0.1) is 0 Å². The summed E-state index contributed by atoms with van der Waals surface area (Å²) in [4.78, 5) is 0. The van der Waals surface area contributed by atoms with Crippen molar-refractivity contribution in [3.8, 4) is 0 Å². The summed E-state index contributed by atoms with van der Waals surface area (Å²) < 4.78 is 13.4. The van der Waals surface area contributed by atoms with Crippen LogP contribution in [0.2, 0.25) is 0 Å². The zero-order valence-corrected chi connectivity index (χ0v) is 12.6. The highest BCUT2D eigenvalue weighted by Crippen LogP contribution is 2.24. The van der Waals surface area contributed by atoms with E-state index in [1.165, 1.54) is 22.8 Å². The molecule has 0 aliphatic carbocycles. The van der Waals surface area contributed by atoms with E-state index in [1.54, 1.807) is 6.07 Å². The Morgan fingerprint density at radius 1 is 1.00 bits per heavy atom. The number of rotatable bonds is 4. The number of aryl methyl sites for hydroxylation is 3. The third-order valence-electron chi connectivity index (χ3n) is 3.89. The second-order valence-corrected chi connectivity index (χ2v) is 5.48. The van der Waals surface area contributed by atoms with Gasteiger partial charge in [-0.3, -0.25) is 0 Å². The molecule has 1 nitrogen and oxygen atoms in total. The third kappa shape index (κ3) is 3.26. The van der Waals surface area contributed by atoms with E-state index in [-0.39, 0.29) is 11.9 Å². The van der Waals surface area contributed by atoms with Crippen LogP contribution in [0.25, 0.3) is 0 Å². The highest BCUT2D eigenvalue weighted by Gasteiger charge is 2.14. The van der Waals surface area contributed by atoms with Gasteiger partial charge in [-0.15, -0.1) is 0 Å². The van der Waals surface area contributed by atoms with Crippen molar-refractivity contribution in [2.45, 2.75) is 33.2 Å². The molecular formula is C18H22FN. The van der Waals surface area contributed by atoms with Crippen molar-refractivity contribution >= 4 is 0 Å². The maximum absolute atomic E-state index is 13.4. The first-order valence-electron chi connectivity index (χ1n) is 7.00. The lowest BCUT2D eigenvalue weighted by Crippen LogP contribution is -2.20. The number of hydrogen-bond acceptors (Lipinski definition) is 1. The second-order valence-electron chi connectivity index (χ2n) is 5.48. The zero-order valence-electron chi connectivity index (χ0n) is 12.6. The molecule has 0 aliphatic rings. The van der Waals surface area contributed by atoms with Crippen LogP contribution in [-0.2, 0) is 6.42 Å². The van der Waals surface area contributed by atoms with E-state index in [2.05, 4.69) is 37.4 Å². The lowest BCUT2D eigenvalue weighted by atomic mass is 9.92. The minimum absolute atomic E-state index is 0.165. The SMILES string of the molecule is CNC(Cc1cc(F)ccc1C)c1cc(C)ccc1C. The maximum atomic E-state index is 13.4. The van der Waals surface area contributed by atoms with Gasteiger partial charge >= 0.3 is 0 Å². The maximum Gasteiger partial charge on any atom is 0.123 e. The molecule has 0 aliphatic heterocycles. The van der Waals surface area contributed by atoms with Gasteiger partial charge in [-0.1, -0.05) is 29.8 Å².